The van der Waals surface area contributed by atoms with Crippen LogP contribution in [0.15, 0.2) is 21.1 Å². The summed E-state index contributed by atoms with van der Waals surface area (Å²) in [5.41, 5.74) is 1.00. The van der Waals surface area contributed by atoms with E-state index in [2.05, 4.69) is 51.0 Å². The molecule has 0 amide bonds. The van der Waals surface area contributed by atoms with E-state index in [1.165, 1.54) is 0 Å². The molecule has 0 bridgehead atoms. The molecule has 1 atom stereocenters. The van der Waals surface area contributed by atoms with Crippen LogP contribution in [0.3, 0.4) is 0 Å². The Morgan fingerprint density at radius 3 is 2.68 bits per heavy atom. The third-order valence-electron chi connectivity index (χ3n) is 3.30. The van der Waals surface area contributed by atoms with Crippen molar-refractivity contribution in [1.29, 1.82) is 0 Å². The fourth-order valence-electron chi connectivity index (χ4n) is 2.37. The quantitative estimate of drug-likeness (QED) is 0.815. The predicted octanol–water partition coefficient (Wildman–Crippen LogP) is 4.59. The zero-order chi connectivity index (χ0) is 14.0. The van der Waals surface area contributed by atoms with Crippen LogP contribution in [0.1, 0.15) is 26.7 Å². The molecule has 1 fully saturated rings. The van der Waals surface area contributed by atoms with Gasteiger partial charge in [0.1, 0.15) is 5.75 Å². The minimum absolute atomic E-state index is 0.0537. The van der Waals surface area contributed by atoms with Crippen molar-refractivity contribution in [2.45, 2.75) is 38.3 Å². The van der Waals surface area contributed by atoms with E-state index in [0.29, 0.717) is 6.04 Å². The first-order valence-electron chi connectivity index (χ1n) is 6.35. The molecule has 0 aliphatic carbocycles. The molecular formula is C14H19Br2NO2. The van der Waals surface area contributed by atoms with Gasteiger partial charge in [0.15, 0.2) is 0 Å². The van der Waals surface area contributed by atoms with Crippen LogP contribution < -0.4 is 10.1 Å². The van der Waals surface area contributed by atoms with E-state index < -0.39 is 0 Å². The van der Waals surface area contributed by atoms with Crippen LogP contribution >= 0.6 is 31.9 Å². The van der Waals surface area contributed by atoms with Gasteiger partial charge >= 0.3 is 0 Å². The molecule has 0 radical (unpaired) electrons. The van der Waals surface area contributed by atoms with Crippen LogP contribution in [0, 0.1) is 0 Å². The highest BCUT2D eigenvalue weighted by atomic mass is 79.9. The van der Waals surface area contributed by atoms with Crippen LogP contribution in [-0.4, -0.2) is 25.4 Å². The van der Waals surface area contributed by atoms with Crippen molar-refractivity contribution < 1.29 is 9.47 Å². The molecular weight excluding hydrogens is 374 g/mol. The molecule has 3 nitrogen and oxygen atoms in total. The predicted molar refractivity (Wildman–Crippen MR) is 85.1 cm³/mol. The molecule has 2 rings (SSSR count). The van der Waals surface area contributed by atoms with Gasteiger partial charge in [-0.1, -0.05) is 0 Å². The molecule has 1 aromatic carbocycles. The van der Waals surface area contributed by atoms with Gasteiger partial charge in [-0.15, -0.1) is 0 Å². The monoisotopic (exact) mass is 391 g/mol. The Morgan fingerprint density at radius 1 is 1.32 bits per heavy atom. The maximum absolute atomic E-state index is 5.74. The number of methoxy groups -OCH3 is 1. The summed E-state index contributed by atoms with van der Waals surface area (Å²) in [7, 11) is 1.68. The van der Waals surface area contributed by atoms with Gasteiger partial charge in [0, 0.05) is 23.2 Å². The van der Waals surface area contributed by atoms with Crippen molar-refractivity contribution in [3.05, 3.63) is 21.1 Å². The van der Waals surface area contributed by atoms with E-state index >= 15 is 0 Å². The number of benzene rings is 1. The lowest BCUT2D eigenvalue weighted by atomic mass is 9.94. The molecule has 1 N–H and O–H groups in total. The smallest absolute Gasteiger partial charge is 0.135 e. The Kier molecular flexibility index (Phi) is 4.79. The van der Waals surface area contributed by atoms with Crippen molar-refractivity contribution in [2.24, 2.45) is 0 Å². The first-order valence-corrected chi connectivity index (χ1v) is 7.93. The fraction of sp³-hybridized carbons (Fsp3) is 0.571. The zero-order valence-electron chi connectivity index (χ0n) is 11.4. The average molecular weight is 393 g/mol. The number of ether oxygens (including phenoxy) is 2. The summed E-state index contributed by atoms with van der Waals surface area (Å²) >= 11 is 7.07. The maximum atomic E-state index is 5.74. The first kappa shape index (κ1) is 15.1. The molecule has 1 unspecified atom stereocenters. The Balaban J connectivity index is 2.14. The van der Waals surface area contributed by atoms with Gasteiger partial charge in [0.2, 0.25) is 0 Å². The standard InChI is InChI=1S/C14H19Br2NO2/c1-14(2)8-9(4-5-19-14)17-12-7-13(18-3)11(16)6-10(12)15/h6-7,9,17H,4-5,8H2,1-3H3. The Bertz CT molecular complexity index is 463. The highest BCUT2D eigenvalue weighted by molar-refractivity contribution is 9.11. The van der Waals surface area contributed by atoms with Gasteiger partial charge < -0.3 is 14.8 Å². The molecule has 5 heteroatoms. The molecule has 1 saturated heterocycles. The van der Waals surface area contributed by atoms with Gasteiger partial charge in [-0.25, -0.2) is 0 Å². The van der Waals surface area contributed by atoms with E-state index in [0.717, 1.165) is 39.8 Å². The van der Waals surface area contributed by atoms with Gasteiger partial charge in [-0.2, -0.15) is 0 Å². The van der Waals surface area contributed by atoms with E-state index in [1.807, 2.05) is 12.1 Å². The van der Waals surface area contributed by atoms with Crippen LogP contribution in [-0.2, 0) is 4.74 Å². The number of hydrogen-bond acceptors (Lipinski definition) is 3. The lowest BCUT2D eigenvalue weighted by Crippen LogP contribution is -2.40. The minimum Gasteiger partial charge on any atom is -0.495 e. The molecule has 0 spiro atoms. The molecule has 106 valence electrons. The number of anilines is 1. The van der Waals surface area contributed by atoms with Crippen LogP contribution in [0.5, 0.6) is 5.75 Å². The van der Waals surface area contributed by atoms with Crippen molar-refractivity contribution in [3.8, 4) is 5.75 Å². The highest BCUT2D eigenvalue weighted by Crippen LogP contribution is 2.36. The van der Waals surface area contributed by atoms with E-state index in [-0.39, 0.29) is 5.60 Å². The molecule has 1 aliphatic heterocycles. The Morgan fingerprint density at radius 2 is 2.05 bits per heavy atom. The summed E-state index contributed by atoms with van der Waals surface area (Å²) in [5, 5.41) is 3.58. The number of halogens is 2. The number of rotatable bonds is 3. The SMILES string of the molecule is COc1cc(NC2CCOC(C)(C)C2)c(Br)cc1Br. The second-order valence-electron chi connectivity index (χ2n) is 5.41. The molecule has 1 aliphatic rings. The normalized spacial score (nSPS) is 22.1. The molecule has 0 aromatic heterocycles. The minimum atomic E-state index is -0.0537. The van der Waals surface area contributed by atoms with Crippen LogP contribution in [0.4, 0.5) is 5.69 Å². The summed E-state index contributed by atoms with van der Waals surface area (Å²) in [6.07, 6.45) is 2.02. The zero-order valence-corrected chi connectivity index (χ0v) is 14.6. The third kappa shape index (κ3) is 3.86. The van der Waals surface area contributed by atoms with Gasteiger partial charge in [-0.3, -0.25) is 0 Å². The second-order valence-corrected chi connectivity index (χ2v) is 7.12. The Labute approximate surface area is 131 Å². The van der Waals surface area contributed by atoms with Crippen molar-refractivity contribution in [1.82, 2.24) is 0 Å². The largest absolute Gasteiger partial charge is 0.495 e. The van der Waals surface area contributed by atoms with Crippen molar-refractivity contribution >= 4 is 37.5 Å². The molecule has 0 saturated carbocycles. The van der Waals surface area contributed by atoms with E-state index in [9.17, 15) is 0 Å². The summed E-state index contributed by atoms with van der Waals surface area (Å²) < 4.78 is 13.1. The lowest BCUT2D eigenvalue weighted by molar-refractivity contribution is -0.0553. The summed E-state index contributed by atoms with van der Waals surface area (Å²) in [6, 6.07) is 4.44. The maximum Gasteiger partial charge on any atom is 0.135 e. The van der Waals surface area contributed by atoms with Crippen LogP contribution in [0.25, 0.3) is 0 Å². The van der Waals surface area contributed by atoms with Gasteiger partial charge in [0.25, 0.3) is 0 Å². The third-order valence-corrected chi connectivity index (χ3v) is 4.57. The first-order chi connectivity index (χ1) is 8.91. The van der Waals surface area contributed by atoms with Crippen LogP contribution in [0.2, 0.25) is 0 Å². The highest BCUT2D eigenvalue weighted by Gasteiger charge is 2.29. The summed E-state index contributed by atoms with van der Waals surface area (Å²) in [5.74, 6) is 0.831. The van der Waals surface area contributed by atoms with E-state index in [4.69, 9.17) is 9.47 Å². The molecule has 19 heavy (non-hydrogen) atoms. The van der Waals surface area contributed by atoms with Crippen molar-refractivity contribution in [2.75, 3.05) is 19.0 Å². The molecule has 1 aromatic rings. The Hall–Kier alpha value is -0.260. The lowest BCUT2D eigenvalue weighted by Gasteiger charge is -2.36. The van der Waals surface area contributed by atoms with E-state index in [1.54, 1.807) is 7.11 Å². The summed E-state index contributed by atoms with van der Waals surface area (Å²) in [4.78, 5) is 0. The summed E-state index contributed by atoms with van der Waals surface area (Å²) in [6.45, 7) is 5.08. The second kappa shape index (κ2) is 6.02. The fourth-order valence-corrected chi connectivity index (χ4v) is 3.64. The number of hydrogen-bond donors (Lipinski definition) is 1. The molecule has 1 heterocycles. The van der Waals surface area contributed by atoms with Gasteiger partial charge in [-0.05, 0) is 64.6 Å². The average Bonchev–Trinajstić information content (AvgIpc) is 2.31. The topological polar surface area (TPSA) is 30.5 Å². The van der Waals surface area contributed by atoms with Gasteiger partial charge in [0.05, 0.1) is 22.9 Å². The number of nitrogens with one attached hydrogen (secondary N) is 1. The van der Waals surface area contributed by atoms with Crippen molar-refractivity contribution in [3.63, 3.8) is 0 Å².